The van der Waals surface area contributed by atoms with Gasteiger partial charge in [-0.25, -0.2) is 0 Å². The lowest BCUT2D eigenvalue weighted by Gasteiger charge is -2.23. The highest BCUT2D eigenvalue weighted by atomic mass is 32.2. The van der Waals surface area contributed by atoms with Gasteiger partial charge in [0.25, 0.3) is 0 Å². The maximum atomic E-state index is 5.42. The summed E-state index contributed by atoms with van der Waals surface area (Å²) in [6, 6.07) is 0. The highest BCUT2D eigenvalue weighted by Crippen LogP contribution is 2.23. The van der Waals surface area contributed by atoms with Crippen molar-refractivity contribution in [1.82, 2.24) is 5.32 Å². The Morgan fingerprint density at radius 2 is 2.14 bits per heavy atom. The second-order valence-electron chi connectivity index (χ2n) is 4.07. The Balaban J connectivity index is 2.09. The monoisotopic (exact) mass is 216 g/mol. The van der Waals surface area contributed by atoms with Crippen LogP contribution in [0.2, 0.25) is 0 Å². The number of amidine groups is 1. The molecule has 0 saturated heterocycles. The van der Waals surface area contributed by atoms with Crippen molar-refractivity contribution >= 4 is 16.9 Å². The molecule has 14 heavy (non-hydrogen) atoms. The quantitative estimate of drug-likeness (QED) is 0.360. The second kappa shape index (κ2) is 6.30. The topological polar surface area (TPSA) is 63.6 Å². The molecule has 0 heterocycles. The molecule has 0 aliphatic heterocycles. The van der Waals surface area contributed by atoms with Crippen LogP contribution < -0.4 is 16.5 Å². The first-order valence-electron chi connectivity index (χ1n) is 5.46. The van der Waals surface area contributed by atoms with E-state index in [4.69, 9.17) is 11.1 Å². The zero-order valence-electron chi connectivity index (χ0n) is 8.96. The Bertz CT molecular complexity index is 178. The molecule has 3 nitrogen and oxygen atoms in total. The molecule has 1 unspecified atom stereocenters. The van der Waals surface area contributed by atoms with E-state index >= 15 is 0 Å². The smallest absolute Gasteiger partial charge is 0.301 e. The van der Waals surface area contributed by atoms with Crippen molar-refractivity contribution in [3.05, 3.63) is 0 Å². The second-order valence-corrected chi connectivity index (χ2v) is 5.49. The highest BCUT2D eigenvalue weighted by molar-refractivity contribution is 8.13. The average molecular weight is 216 g/mol. The number of hydrogen-bond donors (Lipinski definition) is 3. The third-order valence-corrected chi connectivity index (χ3v) is 3.52. The van der Waals surface area contributed by atoms with Gasteiger partial charge in [-0.05, 0) is 44.0 Å². The standard InChI is InChI=1S/C10H21N3S/c1-8(14-10(11)12)13-7-9-5-3-2-4-6-9/h8-9,13H,2-7H2,1H3,(H3,11,12)/p+1. The Kier molecular flexibility index (Phi) is 5.33. The summed E-state index contributed by atoms with van der Waals surface area (Å²) in [4.78, 5) is 0. The van der Waals surface area contributed by atoms with Crippen LogP contribution in [-0.2, 0) is 0 Å². The molecule has 1 saturated carbocycles. The third kappa shape index (κ3) is 4.86. The summed E-state index contributed by atoms with van der Waals surface area (Å²) in [5, 5.41) is 9.67. The molecule has 0 radical (unpaired) electrons. The molecule has 0 aromatic carbocycles. The first kappa shape index (κ1) is 11.9. The predicted octanol–water partition coefficient (Wildman–Crippen LogP) is 0.309. The zero-order chi connectivity index (χ0) is 10.4. The van der Waals surface area contributed by atoms with E-state index in [2.05, 4.69) is 12.2 Å². The van der Waals surface area contributed by atoms with E-state index in [0.29, 0.717) is 10.5 Å². The molecule has 82 valence electrons. The Morgan fingerprint density at radius 1 is 1.50 bits per heavy atom. The van der Waals surface area contributed by atoms with Crippen LogP contribution in [0.15, 0.2) is 0 Å². The molecule has 1 aliphatic carbocycles. The Hall–Kier alpha value is -0.220. The minimum atomic E-state index is 0.335. The van der Waals surface area contributed by atoms with Crippen LogP contribution >= 0.6 is 11.8 Å². The molecular formula is C10H22N3S+. The highest BCUT2D eigenvalue weighted by Gasteiger charge is 2.14. The van der Waals surface area contributed by atoms with Crippen LogP contribution in [0.25, 0.3) is 0 Å². The van der Waals surface area contributed by atoms with Crippen molar-refractivity contribution in [2.75, 3.05) is 6.54 Å². The molecule has 0 spiro atoms. The average Bonchev–Trinajstić information content (AvgIpc) is 2.15. The Morgan fingerprint density at radius 3 is 2.71 bits per heavy atom. The summed E-state index contributed by atoms with van der Waals surface area (Å²) in [7, 11) is 0. The van der Waals surface area contributed by atoms with Gasteiger partial charge in [-0.1, -0.05) is 19.3 Å². The van der Waals surface area contributed by atoms with Gasteiger partial charge in [0.1, 0.15) is 0 Å². The molecule has 0 bridgehead atoms. The molecular weight excluding hydrogens is 194 g/mol. The van der Waals surface area contributed by atoms with E-state index < -0.39 is 0 Å². The van der Waals surface area contributed by atoms with Crippen LogP contribution in [-0.4, -0.2) is 17.1 Å². The lowest BCUT2D eigenvalue weighted by molar-refractivity contribution is -0.110. The SMILES string of the molecule is CC(NCC1CCCCC1)SC(N)=[NH2+]. The lowest BCUT2D eigenvalue weighted by atomic mass is 9.89. The first-order chi connectivity index (χ1) is 6.68. The van der Waals surface area contributed by atoms with Crippen LogP contribution in [0.4, 0.5) is 0 Å². The van der Waals surface area contributed by atoms with Crippen LogP contribution in [0.1, 0.15) is 39.0 Å². The summed E-state index contributed by atoms with van der Waals surface area (Å²) in [5.41, 5.74) is 5.42. The molecule has 4 heteroatoms. The van der Waals surface area contributed by atoms with Gasteiger partial charge >= 0.3 is 5.17 Å². The molecule has 0 amide bonds. The van der Waals surface area contributed by atoms with Crippen molar-refractivity contribution in [3.63, 3.8) is 0 Å². The summed E-state index contributed by atoms with van der Waals surface area (Å²) < 4.78 is 0. The molecule has 0 aromatic rings. The summed E-state index contributed by atoms with van der Waals surface area (Å²) in [5.74, 6) is 0.866. The van der Waals surface area contributed by atoms with E-state index in [1.165, 1.54) is 43.9 Å². The van der Waals surface area contributed by atoms with Gasteiger partial charge in [0, 0.05) is 0 Å². The van der Waals surface area contributed by atoms with Crippen LogP contribution in [0.3, 0.4) is 0 Å². The fourth-order valence-electron chi connectivity index (χ4n) is 1.97. The molecule has 5 N–H and O–H groups in total. The van der Waals surface area contributed by atoms with Crippen molar-refractivity contribution in [1.29, 1.82) is 0 Å². The van der Waals surface area contributed by atoms with Crippen molar-refractivity contribution in [2.24, 2.45) is 11.7 Å². The lowest BCUT2D eigenvalue weighted by Crippen LogP contribution is -2.45. The number of hydrogen-bond acceptors (Lipinski definition) is 2. The third-order valence-electron chi connectivity index (χ3n) is 2.73. The minimum absolute atomic E-state index is 0.335. The van der Waals surface area contributed by atoms with E-state index in [0.717, 1.165) is 12.5 Å². The van der Waals surface area contributed by atoms with Crippen molar-refractivity contribution in [2.45, 2.75) is 44.4 Å². The Labute approximate surface area is 90.7 Å². The van der Waals surface area contributed by atoms with Gasteiger partial charge in [0.2, 0.25) is 0 Å². The zero-order valence-corrected chi connectivity index (χ0v) is 9.78. The number of nitrogens with two attached hydrogens (primary N) is 2. The summed E-state index contributed by atoms with van der Waals surface area (Å²) >= 11 is 1.50. The van der Waals surface area contributed by atoms with Crippen molar-refractivity contribution < 1.29 is 5.41 Å². The maximum Gasteiger partial charge on any atom is 0.301 e. The van der Waals surface area contributed by atoms with Gasteiger partial charge in [-0.15, -0.1) is 0 Å². The fraction of sp³-hybridized carbons (Fsp3) is 0.900. The molecule has 1 rings (SSSR count). The normalized spacial score (nSPS) is 20.6. The molecule has 1 fully saturated rings. The molecule has 1 aliphatic rings. The number of nitrogens with one attached hydrogen (secondary N) is 1. The van der Waals surface area contributed by atoms with Crippen LogP contribution in [0, 0.1) is 5.92 Å². The summed E-state index contributed by atoms with van der Waals surface area (Å²) in [6.45, 7) is 3.22. The van der Waals surface area contributed by atoms with Crippen molar-refractivity contribution in [3.8, 4) is 0 Å². The van der Waals surface area contributed by atoms with Gasteiger partial charge in [0.05, 0.1) is 5.37 Å². The maximum absolute atomic E-state index is 5.42. The van der Waals surface area contributed by atoms with Gasteiger partial charge < -0.3 is 5.32 Å². The van der Waals surface area contributed by atoms with E-state index in [-0.39, 0.29) is 0 Å². The predicted molar refractivity (Wildman–Crippen MR) is 62.8 cm³/mol. The summed E-state index contributed by atoms with van der Waals surface area (Å²) in [6.07, 6.45) is 6.99. The van der Waals surface area contributed by atoms with E-state index in [1.54, 1.807) is 0 Å². The van der Waals surface area contributed by atoms with Crippen LogP contribution in [0.5, 0.6) is 0 Å². The van der Waals surface area contributed by atoms with Gasteiger partial charge in [-0.3, -0.25) is 11.1 Å². The number of thioether (sulfide) groups is 1. The molecule has 1 atom stereocenters. The fourth-order valence-corrected chi connectivity index (χ4v) is 2.56. The first-order valence-corrected chi connectivity index (χ1v) is 6.34. The number of rotatable bonds is 4. The van der Waals surface area contributed by atoms with E-state index in [9.17, 15) is 0 Å². The minimum Gasteiger partial charge on any atom is -0.305 e. The molecule has 0 aromatic heterocycles. The van der Waals surface area contributed by atoms with Gasteiger partial charge in [0.15, 0.2) is 0 Å². The van der Waals surface area contributed by atoms with Gasteiger partial charge in [-0.2, -0.15) is 0 Å². The largest absolute Gasteiger partial charge is 0.305 e. The van der Waals surface area contributed by atoms with E-state index in [1.807, 2.05) is 0 Å².